The minimum absolute atomic E-state index is 0.104. The van der Waals surface area contributed by atoms with Crippen LogP contribution >= 0.6 is 0 Å². The highest BCUT2D eigenvalue weighted by molar-refractivity contribution is 5.96. The number of nitriles is 1. The summed E-state index contributed by atoms with van der Waals surface area (Å²) < 4.78 is 0. The minimum atomic E-state index is 0.104. The van der Waals surface area contributed by atoms with Gasteiger partial charge in [-0.15, -0.1) is 0 Å². The second kappa shape index (κ2) is 6.53. The summed E-state index contributed by atoms with van der Waals surface area (Å²) in [5.74, 6) is 0.104. The predicted molar refractivity (Wildman–Crippen MR) is 79.8 cm³/mol. The van der Waals surface area contributed by atoms with E-state index in [2.05, 4.69) is 11.4 Å². The highest BCUT2D eigenvalue weighted by Crippen LogP contribution is 2.13. The lowest BCUT2D eigenvalue weighted by Crippen LogP contribution is -2.09. The summed E-state index contributed by atoms with van der Waals surface area (Å²) in [7, 11) is 0. The molecule has 20 heavy (non-hydrogen) atoms. The first-order valence-corrected chi connectivity index (χ1v) is 6.53. The fourth-order valence-electron chi connectivity index (χ4n) is 1.93. The van der Waals surface area contributed by atoms with Crippen molar-refractivity contribution in [2.45, 2.75) is 13.3 Å². The third-order valence-electron chi connectivity index (χ3n) is 3.09. The number of Topliss-reactive ketones (excluding diaryl/α,β-unsaturated/α-hetero) is 1. The Morgan fingerprint density at radius 2 is 1.85 bits per heavy atom. The highest BCUT2D eigenvalue weighted by atomic mass is 16.1. The van der Waals surface area contributed by atoms with Crippen molar-refractivity contribution in [3.63, 3.8) is 0 Å². The van der Waals surface area contributed by atoms with Crippen molar-refractivity contribution in [2.75, 3.05) is 11.9 Å². The topological polar surface area (TPSA) is 52.9 Å². The van der Waals surface area contributed by atoms with Gasteiger partial charge in [0.15, 0.2) is 5.78 Å². The van der Waals surface area contributed by atoms with Crippen molar-refractivity contribution in [2.24, 2.45) is 0 Å². The van der Waals surface area contributed by atoms with E-state index in [4.69, 9.17) is 5.26 Å². The molecular formula is C17H16N2O. The van der Waals surface area contributed by atoms with Gasteiger partial charge in [0.2, 0.25) is 0 Å². The molecule has 0 aromatic heterocycles. The van der Waals surface area contributed by atoms with Crippen LogP contribution in [0.3, 0.4) is 0 Å². The molecule has 0 amide bonds. The molecule has 0 atom stereocenters. The number of carbonyl (C=O) groups is 1. The fourth-order valence-corrected chi connectivity index (χ4v) is 1.93. The van der Waals surface area contributed by atoms with E-state index in [0.29, 0.717) is 18.5 Å². The van der Waals surface area contributed by atoms with Crippen LogP contribution in [0.5, 0.6) is 0 Å². The van der Waals surface area contributed by atoms with E-state index >= 15 is 0 Å². The van der Waals surface area contributed by atoms with Crippen molar-refractivity contribution in [1.29, 1.82) is 5.26 Å². The number of hydrogen-bond donors (Lipinski definition) is 1. The van der Waals surface area contributed by atoms with Gasteiger partial charge in [0.1, 0.15) is 6.07 Å². The average molecular weight is 264 g/mol. The molecule has 100 valence electrons. The zero-order chi connectivity index (χ0) is 14.4. The van der Waals surface area contributed by atoms with Gasteiger partial charge in [0, 0.05) is 18.5 Å². The lowest BCUT2D eigenvalue weighted by Gasteiger charge is -2.07. The number of hydrogen-bond acceptors (Lipinski definition) is 3. The quantitative estimate of drug-likeness (QED) is 0.840. The Morgan fingerprint density at radius 3 is 2.55 bits per heavy atom. The zero-order valence-corrected chi connectivity index (χ0v) is 11.4. The molecule has 0 aliphatic rings. The smallest absolute Gasteiger partial charge is 0.164 e. The van der Waals surface area contributed by atoms with E-state index in [1.807, 2.05) is 49.4 Å². The Kier molecular flexibility index (Phi) is 4.52. The molecule has 1 N–H and O–H groups in total. The molecule has 2 rings (SSSR count). The molecule has 0 saturated carbocycles. The number of para-hydroxylation sites is 1. The molecule has 0 heterocycles. The van der Waals surface area contributed by atoms with Crippen molar-refractivity contribution >= 4 is 11.5 Å². The monoisotopic (exact) mass is 264 g/mol. The maximum atomic E-state index is 12.0. The predicted octanol–water partition coefficient (Wildman–Crippen LogP) is 3.55. The number of aryl methyl sites for hydroxylation is 1. The van der Waals surface area contributed by atoms with E-state index < -0.39 is 0 Å². The minimum Gasteiger partial charge on any atom is -0.384 e. The van der Waals surface area contributed by atoms with Crippen LogP contribution in [0.15, 0.2) is 48.5 Å². The van der Waals surface area contributed by atoms with Gasteiger partial charge in [-0.25, -0.2) is 0 Å². The van der Waals surface area contributed by atoms with Gasteiger partial charge in [0.25, 0.3) is 0 Å². The third kappa shape index (κ3) is 3.46. The summed E-state index contributed by atoms with van der Waals surface area (Å²) in [5.41, 5.74) is 3.23. The third-order valence-corrected chi connectivity index (χ3v) is 3.09. The summed E-state index contributed by atoms with van der Waals surface area (Å²) in [4.78, 5) is 12.0. The average Bonchev–Trinajstić information content (AvgIpc) is 2.48. The second-order valence-electron chi connectivity index (χ2n) is 4.62. The lowest BCUT2D eigenvalue weighted by atomic mass is 10.1. The van der Waals surface area contributed by atoms with Crippen LogP contribution in [-0.2, 0) is 0 Å². The van der Waals surface area contributed by atoms with E-state index in [1.165, 1.54) is 0 Å². The molecule has 2 aromatic rings. The van der Waals surface area contributed by atoms with Crippen LogP contribution in [0.25, 0.3) is 0 Å². The molecule has 0 unspecified atom stereocenters. The van der Waals surface area contributed by atoms with Crippen LogP contribution in [0.4, 0.5) is 5.69 Å². The van der Waals surface area contributed by atoms with Gasteiger partial charge < -0.3 is 5.32 Å². The molecule has 0 fully saturated rings. The second-order valence-corrected chi connectivity index (χ2v) is 4.62. The number of anilines is 1. The van der Waals surface area contributed by atoms with Gasteiger partial charge in [-0.05, 0) is 19.1 Å². The fraction of sp³-hybridized carbons (Fsp3) is 0.176. The molecule has 0 aliphatic heterocycles. The standard InChI is InChI=1S/C17H16N2O/c1-13-6-8-14(9-7-13)17(20)10-11-19-16-5-3-2-4-15(16)12-18/h2-9,19H,10-11H2,1H3. The molecule has 0 bridgehead atoms. The first-order valence-electron chi connectivity index (χ1n) is 6.53. The van der Waals surface area contributed by atoms with Gasteiger partial charge in [-0.3, -0.25) is 4.79 Å². The first-order chi connectivity index (χ1) is 9.70. The van der Waals surface area contributed by atoms with Crippen molar-refractivity contribution in [1.82, 2.24) is 0 Å². The summed E-state index contributed by atoms with van der Waals surface area (Å²) in [6.07, 6.45) is 0.406. The molecule has 2 aromatic carbocycles. The van der Waals surface area contributed by atoms with Gasteiger partial charge in [-0.2, -0.15) is 5.26 Å². The van der Waals surface area contributed by atoms with E-state index in [-0.39, 0.29) is 5.78 Å². The van der Waals surface area contributed by atoms with Crippen molar-refractivity contribution in [3.05, 3.63) is 65.2 Å². The molecule has 0 radical (unpaired) electrons. The number of nitrogens with zero attached hydrogens (tertiary/aromatic N) is 1. The van der Waals surface area contributed by atoms with E-state index in [9.17, 15) is 4.79 Å². The number of carbonyl (C=O) groups excluding carboxylic acids is 1. The maximum Gasteiger partial charge on any atom is 0.164 e. The number of ketones is 1. The van der Waals surface area contributed by atoms with Crippen LogP contribution < -0.4 is 5.32 Å². The molecule has 0 saturated heterocycles. The molecule has 0 aliphatic carbocycles. The molecular weight excluding hydrogens is 248 g/mol. The van der Waals surface area contributed by atoms with Gasteiger partial charge in [0.05, 0.1) is 11.3 Å². The Labute approximate surface area is 118 Å². The van der Waals surface area contributed by atoms with Crippen LogP contribution in [-0.4, -0.2) is 12.3 Å². The van der Waals surface area contributed by atoms with E-state index in [0.717, 1.165) is 16.8 Å². The Hall–Kier alpha value is -2.60. The summed E-state index contributed by atoms with van der Waals surface area (Å²) in [5, 5.41) is 12.1. The highest BCUT2D eigenvalue weighted by Gasteiger charge is 2.06. The summed E-state index contributed by atoms with van der Waals surface area (Å²) in [6, 6.07) is 17.0. The molecule has 0 spiro atoms. The van der Waals surface area contributed by atoms with E-state index in [1.54, 1.807) is 6.07 Å². The van der Waals surface area contributed by atoms with Crippen LogP contribution in [0, 0.1) is 18.3 Å². The number of rotatable bonds is 5. The molecule has 3 nitrogen and oxygen atoms in total. The zero-order valence-electron chi connectivity index (χ0n) is 11.4. The SMILES string of the molecule is Cc1ccc(C(=O)CCNc2ccccc2C#N)cc1. The largest absolute Gasteiger partial charge is 0.384 e. The normalized spacial score (nSPS) is 9.80. The number of benzene rings is 2. The Bertz CT molecular complexity index is 639. The number of nitrogens with one attached hydrogen (secondary N) is 1. The Morgan fingerprint density at radius 1 is 1.15 bits per heavy atom. The molecule has 3 heteroatoms. The first kappa shape index (κ1) is 13.8. The maximum absolute atomic E-state index is 12.0. The lowest BCUT2D eigenvalue weighted by molar-refractivity contribution is 0.0986. The summed E-state index contributed by atoms with van der Waals surface area (Å²) >= 11 is 0. The van der Waals surface area contributed by atoms with Crippen molar-refractivity contribution in [3.8, 4) is 6.07 Å². The van der Waals surface area contributed by atoms with Crippen LogP contribution in [0.2, 0.25) is 0 Å². The summed E-state index contributed by atoms with van der Waals surface area (Å²) in [6.45, 7) is 2.51. The van der Waals surface area contributed by atoms with Crippen molar-refractivity contribution < 1.29 is 4.79 Å². The van der Waals surface area contributed by atoms with Gasteiger partial charge >= 0.3 is 0 Å². The van der Waals surface area contributed by atoms with Gasteiger partial charge in [-0.1, -0.05) is 42.0 Å². The van der Waals surface area contributed by atoms with Crippen LogP contribution in [0.1, 0.15) is 27.9 Å². The Balaban J connectivity index is 1.91.